The molecule has 0 spiro atoms. The lowest BCUT2D eigenvalue weighted by Gasteiger charge is -2.19. The SMILES string of the molecule is CCCCCCCCCC/C=C\CCCCCCCCCCCC(=O)NC(CO)C(O)/C=C/CC/C=C/CC/C=C/CCCCCCCCCCCCCCC. The van der Waals surface area contributed by atoms with E-state index in [1.54, 1.807) is 6.08 Å². The van der Waals surface area contributed by atoms with E-state index in [2.05, 4.69) is 55.6 Å². The fourth-order valence-electron chi connectivity index (χ4n) is 7.44. The Morgan fingerprint density at radius 3 is 1.04 bits per heavy atom. The highest BCUT2D eigenvalue weighted by molar-refractivity contribution is 5.76. The number of allylic oxidation sites excluding steroid dienone is 7. The summed E-state index contributed by atoms with van der Waals surface area (Å²) in [5, 5.41) is 23.1. The van der Waals surface area contributed by atoms with Crippen LogP contribution in [0, 0.1) is 0 Å². The highest BCUT2D eigenvalue weighted by atomic mass is 16.3. The molecule has 0 aromatic carbocycles. The molecule has 0 aliphatic heterocycles. The Kier molecular flexibility index (Phi) is 46.3. The van der Waals surface area contributed by atoms with Crippen molar-refractivity contribution in [2.45, 2.75) is 270 Å². The van der Waals surface area contributed by atoms with E-state index in [-0.39, 0.29) is 12.5 Å². The number of rotatable bonds is 45. The zero-order valence-corrected chi connectivity index (χ0v) is 37.7. The van der Waals surface area contributed by atoms with E-state index >= 15 is 0 Å². The minimum atomic E-state index is -0.872. The van der Waals surface area contributed by atoms with E-state index in [0.717, 1.165) is 38.5 Å². The van der Waals surface area contributed by atoms with Crippen molar-refractivity contribution < 1.29 is 15.0 Å². The van der Waals surface area contributed by atoms with Crippen molar-refractivity contribution in [3.63, 3.8) is 0 Å². The van der Waals surface area contributed by atoms with E-state index in [1.807, 2.05) is 6.08 Å². The van der Waals surface area contributed by atoms with Gasteiger partial charge >= 0.3 is 0 Å². The maximum atomic E-state index is 12.4. The van der Waals surface area contributed by atoms with Crippen LogP contribution in [0.3, 0.4) is 0 Å². The first-order valence-electron chi connectivity index (χ1n) is 24.9. The number of carbonyl (C=O) groups excluding carboxylic acids is 1. The normalized spacial score (nSPS) is 13.3. The van der Waals surface area contributed by atoms with E-state index in [0.29, 0.717) is 6.42 Å². The van der Waals surface area contributed by atoms with Gasteiger partial charge in [-0.25, -0.2) is 0 Å². The van der Waals surface area contributed by atoms with Crippen molar-refractivity contribution in [3.05, 3.63) is 48.6 Å². The summed E-state index contributed by atoms with van der Waals surface area (Å²) >= 11 is 0. The van der Waals surface area contributed by atoms with Crippen LogP contribution in [-0.2, 0) is 4.79 Å². The summed E-state index contributed by atoms with van der Waals surface area (Å²) in [7, 11) is 0. The van der Waals surface area contributed by atoms with Gasteiger partial charge in [-0.2, -0.15) is 0 Å². The second-order valence-electron chi connectivity index (χ2n) is 16.9. The fraction of sp³-hybridized carbons (Fsp3) is 0.827. The molecule has 0 aliphatic carbocycles. The Balaban J connectivity index is 3.60. The van der Waals surface area contributed by atoms with Crippen LogP contribution in [0.15, 0.2) is 48.6 Å². The first kappa shape index (κ1) is 54.3. The smallest absolute Gasteiger partial charge is 0.220 e. The summed E-state index contributed by atoms with van der Waals surface area (Å²) in [4.78, 5) is 12.4. The molecule has 4 heteroatoms. The van der Waals surface area contributed by atoms with Gasteiger partial charge in [0.05, 0.1) is 18.8 Å². The Labute approximate surface area is 350 Å². The van der Waals surface area contributed by atoms with Gasteiger partial charge in [0.25, 0.3) is 0 Å². The fourth-order valence-corrected chi connectivity index (χ4v) is 7.44. The molecule has 2 atom stereocenters. The maximum Gasteiger partial charge on any atom is 0.220 e. The van der Waals surface area contributed by atoms with Crippen molar-refractivity contribution in [2.24, 2.45) is 0 Å². The topological polar surface area (TPSA) is 69.6 Å². The molecule has 56 heavy (non-hydrogen) atoms. The molecule has 0 fully saturated rings. The Morgan fingerprint density at radius 1 is 0.411 bits per heavy atom. The molecule has 2 unspecified atom stereocenters. The number of carbonyl (C=O) groups is 1. The minimum absolute atomic E-state index is 0.0790. The highest BCUT2D eigenvalue weighted by Crippen LogP contribution is 2.15. The lowest BCUT2D eigenvalue weighted by atomic mass is 10.0. The molecule has 0 aliphatic rings. The van der Waals surface area contributed by atoms with Crippen LogP contribution in [0.2, 0.25) is 0 Å². The summed E-state index contributed by atoms with van der Waals surface area (Å²) < 4.78 is 0. The monoisotopic (exact) mass is 784 g/mol. The molecule has 0 rings (SSSR count). The number of aliphatic hydroxyl groups is 2. The lowest BCUT2D eigenvalue weighted by Crippen LogP contribution is -2.45. The number of unbranched alkanes of at least 4 members (excludes halogenated alkanes) is 32. The number of hydrogen-bond acceptors (Lipinski definition) is 3. The van der Waals surface area contributed by atoms with Crippen molar-refractivity contribution in [1.29, 1.82) is 0 Å². The van der Waals surface area contributed by atoms with E-state index in [1.165, 1.54) is 199 Å². The van der Waals surface area contributed by atoms with Crippen LogP contribution in [-0.4, -0.2) is 34.9 Å². The Hall–Kier alpha value is -1.65. The third kappa shape index (κ3) is 43.5. The first-order chi connectivity index (χ1) is 27.7. The lowest BCUT2D eigenvalue weighted by molar-refractivity contribution is -0.123. The standard InChI is InChI=1S/C52H97NO3/c1-3-5-7-9-11-13-15-17-19-21-23-25-26-28-29-31-33-35-37-39-41-43-45-47-51(55)50(49-54)53-52(56)48-46-44-42-40-38-36-34-32-30-27-24-22-20-18-16-14-12-10-8-6-4-2/h22,24,29,31,37,39,45,47,50-51,54-55H,3-21,23,25-28,30,32-36,38,40-44,46,48-49H2,1-2H3,(H,53,56)/b24-22-,31-29+,39-37+,47-45+. The molecule has 0 radical (unpaired) electrons. The molecular weight excluding hydrogens is 687 g/mol. The van der Waals surface area contributed by atoms with Gasteiger partial charge in [-0.05, 0) is 70.6 Å². The predicted molar refractivity (Wildman–Crippen MR) is 248 cm³/mol. The molecule has 0 heterocycles. The third-order valence-electron chi connectivity index (χ3n) is 11.3. The zero-order valence-electron chi connectivity index (χ0n) is 37.7. The van der Waals surface area contributed by atoms with Crippen molar-refractivity contribution in [1.82, 2.24) is 5.32 Å². The second kappa shape index (κ2) is 47.7. The van der Waals surface area contributed by atoms with Gasteiger partial charge in [-0.3, -0.25) is 4.79 Å². The molecule has 0 bridgehead atoms. The summed E-state index contributed by atoms with van der Waals surface area (Å²) in [6.45, 7) is 4.31. The van der Waals surface area contributed by atoms with Gasteiger partial charge in [0.1, 0.15) is 0 Å². The molecular formula is C52H97NO3. The molecule has 0 aromatic heterocycles. The van der Waals surface area contributed by atoms with Gasteiger partial charge in [0, 0.05) is 6.42 Å². The average Bonchev–Trinajstić information content (AvgIpc) is 3.20. The molecule has 1 amide bonds. The maximum absolute atomic E-state index is 12.4. The quantitative estimate of drug-likeness (QED) is 0.0425. The summed E-state index contributed by atoms with van der Waals surface area (Å²) in [5.74, 6) is -0.0790. The van der Waals surface area contributed by atoms with Crippen molar-refractivity contribution in [2.75, 3.05) is 6.61 Å². The number of aliphatic hydroxyl groups excluding tert-OH is 2. The van der Waals surface area contributed by atoms with Gasteiger partial charge < -0.3 is 15.5 Å². The van der Waals surface area contributed by atoms with E-state index in [9.17, 15) is 15.0 Å². The van der Waals surface area contributed by atoms with Gasteiger partial charge in [-0.15, -0.1) is 0 Å². The largest absolute Gasteiger partial charge is 0.394 e. The highest BCUT2D eigenvalue weighted by Gasteiger charge is 2.17. The van der Waals surface area contributed by atoms with Crippen molar-refractivity contribution in [3.8, 4) is 0 Å². The summed E-state index contributed by atoms with van der Waals surface area (Å²) in [6, 6.07) is -0.647. The zero-order chi connectivity index (χ0) is 40.7. The first-order valence-corrected chi connectivity index (χ1v) is 24.9. The van der Waals surface area contributed by atoms with Crippen LogP contribution in [0.1, 0.15) is 258 Å². The summed E-state index contributed by atoms with van der Waals surface area (Å²) in [5.41, 5.74) is 0. The minimum Gasteiger partial charge on any atom is -0.394 e. The molecule has 328 valence electrons. The van der Waals surface area contributed by atoms with Crippen LogP contribution >= 0.6 is 0 Å². The number of hydrogen-bond donors (Lipinski definition) is 3. The van der Waals surface area contributed by atoms with E-state index in [4.69, 9.17) is 0 Å². The Morgan fingerprint density at radius 2 is 0.696 bits per heavy atom. The predicted octanol–water partition coefficient (Wildman–Crippen LogP) is 15.9. The number of nitrogens with one attached hydrogen (secondary N) is 1. The second-order valence-corrected chi connectivity index (χ2v) is 16.9. The van der Waals surface area contributed by atoms with Crippen LogP contribution < -0.4 is 5.32 Å². The molecule has 0 aromatic rings. The van der Waals surface area contributed by atoms with Gasteiger partial charge in [0.15, 0.2) is 0 Å². The van der Waals surface area contributed by atoms with Crippen molar-refractivity contribution >= 4 is 5.91 Å². The van der Waals surface area contributed by atoms with Crippen LogP contribution in [0.25, 0.3) is 0 Å². The number of amides is 1. The van der Waals surface area contributed by atoms with Gasteiger partial charge in [-0.1, -0.05) is 229 Å². The molecule has 3 N–H and O–H groups in total. The van der Waals surface area contributed by atoms with Crippen LogP contribution in [0.4, 0.5) is 0 Å². The van der Waals surface area contributed by atoms with E-state index < -0.39 is 12.1 Å². The van der Waals surface area contributed by atoms with Crippen LogP contribution in [0.5, 0.6) is 0 Å². The average molecular weight is 784 g/mol. The molecule has 4 nitrogen and oxygen atoms in total. The van der Waals surface area contributed by atoms with Gasteiger partial charge in [0.2, 0.25) is 5.91 Å². The summed E-state index contributed by atoms with van der Waals surface area (Å²) in [6.07, 6.45) is 65.3. The molecule has 0 saturated heterocycles. The Bertz CT molecular complexity index is 893. The third-order valence-corrected chi connectivity index (χ3v) is 11.3. The molecule has 0 saturated carbocycles.